The van der Waals surface area contributed by atoms with Gasteiger partial charge in [-0.2, -0.15) is 0 Å². The van der Waals surface area contributed by atoms with Crippen LogP contribution in [0.3, 0.4) is 0 Å². The Hall–Kier alpha value is -0.880. The zero-order valence-corrected chi connectivity index (χ0v) is 12.8. The molecule has 0 aliphatic carbocycles. The summed E-state index contributed by atoms with van der Waals surface area (Å²) >= 11 is 0. The summed E-state index contributed by atoms with van der Waals surface area (Å²) in [6.07, 6.45) is 1.90. The molecule has 1 unspecified atom stereocenters. The van der Waals surface area contributed by atoms with Crippen LogP contribution in [-0.4, -0.2) is 55.4 Å². The third kappa shape index (κ3) is 4.95. The second-order valence-corrected chi connectivity index (χ2v) is 8.16. The summed E-state index contributed by atoms with van der Waals surface area (Å²) in [4.78, 5) is 14.0. The highest BCUT2D eigenvalue weighted by Crippen LogP contribution is 2.16. The Morgan fingerprint density at radius 1 is 1.47 bits per heavy atom. The summed E-state index contributed by atoms with van der Waals surface area (Å²) in [5, 5.41) is 3.10. The van der Waals surface area contributed by atoms with E-state index in [-0.39, 0.29) is 35.4 Å². The summed E-state index contributed by atoms with van der Waals surface area (Å²) < 4.78 is 23.1. The monoisotopic (exact) mass is 288 g/mol. The van der Waals surface area contributed by atoms with Gasteiger partial charge in [0.2, 0.25) is 5.91 Å². The van der Waals surface area contributed by atoms with E-state index >= 15 is 0 Å². The van der Waals surface area contributed by atoms with Gasteiger partial charge in [-0.05, 0) is 20.8 Å². The van der Waals surface area contributed by atoms with Gasteiger partial charge in [0.1, 0.15) is 0 Å². The Morgan fingerprint density at radius 3 is 2.58 bits per heavy atom. The SMILES string of the molecule is C=CCN(C(=O)CC1CS(=O)(=O)CCN1)C(C)(C)C. The van der Waals surface area contributed by atoms with E-state index in [1.807, 2.05) is 20.8 Å². The van der Waals surface area contributed by atoms with Gasteiger partial charge < -0.3 is 10.2 Å². The van der Waals surface area contributed by atoms with Crippen molar-refractivity contribution in [2.24, 2.45) is 0 Å². The molecule has 6 heteroatoms. The van der Waals surface area contributed by atoms with Gasteiger partial charge in [-0.3, -0.25) is 4.79 Å². The van der Waals surface area contributed by atoms with E-state index in [0.717, 1.165) is 0 Å². The van der Waals surface area contributed by atoms with Gasteiger partial charge in [0.25, 0.3) is 0 Å². The Labute approximate surface area is 116 Å². The van der Waals surface area contributed by atoms with Gasteiger partial charge in [0.05, 0.1) is 11.5 Å². The molecule has 0 bridgehead atoms. The largest absolute Gasteiger partial charge is 0.334 e. The Balaban J connectivity index is 2.69. The molecule has 110 valence electrons. The molecule has 1 aliphatic heterocycles. The van der Waals surface area contributed by atoms with Crippen molar-refractivity contribution < 1.29 is 13.2 Å². The van der Waals surface area contributed by atoms with Gasteiger partial charge in [0, 0.05) is 31.1 Å². The van der Waals surface area contributed by atoms with Crippen molar-refractivity contribution in [3.8, 4) is 0 Å². The third-order valence-electron chi connectivity index (χ3n) is 3.14. The van der Waals surface area contributed by atoms with E-state index in [1.54, 1.807) is 11.0 Å². The van der Waals surface area contributed by atoms with E-state index < -0.39 is 9.84 Å². The first-order valence-electron chi connectivity index (χ1n) is 6.51. The van der Waals surface area contributed by atoms with Crippen molar-refractivity contribution in [1.82, 2.24) is 10.2 Å². The number of hydrogen-bond acceptors (Lipinski definition) is 4. The van der Waals surface area contributed by atoms with Crippen molar-refractivity contribution in [1.29, 1.82) is 0 Å². The summed E-state index contributed by atoms with van der Waals surface area (Å²) in [6.45, 7) is 10.4. The molecule has 0 aromatic heterocycles. The molecule has 1 saturated heterocycles. The molecule has 1 amide bonds. The third-order valence-corrected chi connectivity index (χ3v) is 4.88. The quantitative estimate of drug-likeness (QED) is 0.768. The van der Waals surface area contributed by atoms with Gasteiger partial charge >= 0.3 is 0 Å². The normalized spacial score (nSPS) is 22.8. The molecule has 1 fully saturated rings. The fourth-order valence-corrected chi connectivity index (χ4v) is 3.64. The molecule has 1 heterocycles. The summed E-state index contributed by atoms with van der Waals surface area (Å²) in [7, 11) is -3.00. The van der Waals surface area contributed by atoms with Crippen molar-refractivity contribution >= 4 is 15.7 Å². The van der Waals surface area contributed by atoms with Crippen LogP contribution in [0, 0.1) is 0 Å². The number of nitrogens with zero attached hydrogens (tertiary/aromatic N) is 1. The van der Waals surface area contributed by atoms with E-state index in [0.29, 0.717) is 13.1 Å². The molecule has 1 atom stereocenters. The minimum absolute atomic E-state index is 0.0398. The molecule has 19 heavy (non-hydrogen) atoms. The molecule has 1 aliphatic rings. The zero-order chi connectivity index (χ0) is 14.7. The average molecular weight is 288 g/mol. The lowest BCUT2D eigenvalue weighted by molar-refractivity contribution is -0.135. The predicted octanol–water partition coefficient (Wildman–Crippen LogP) is 0.576. The lowest BCUT2D eigenvalue weighted by Crippen LogP contribution is -2.51. The summed E-state index contributed by atoms with van der Waals surface area (Å²) in [6, 6.07) is -0.277. The lowest BCUT2D eigenvalue weighted by Gasteiger charge is -2.36. The van der Waals surface area contributed by atoms with Crippen LogP contribution in [0.5, 0.6) is 0 Å². The number of nitrogens with one attached hydrogen (secondary N) is 1. The maximum Gasteiger partial charge on any atom is 0.224 e. The highest BCUT2D eigenvalue weighted by molar-refractivity contribution is 7.91. The van der Waals surface area contributed by atoms with Crippen LogP contribution in [0.25, 0.3) is 0 Å². The maximum absolute atomic E-state index is 12.3. The molecule has 0 aromatic rings. The van der Waals surface area contributed by atoms with Crippen LogP contribution >= 0.6 is 0 Å². The number of carbonyl (C=O) groups is 1. The smallest absolute Gasteiger partial charge is 0.224 e. The van der Waals surface area contributed by atoms with E-state index in [4.69, 9.17) is 0 Å². The van der Waals surface area contributed by atoms with Gasteiger partial charge in [-0.1, -0.05) is 6.08 Å². The van der Waals surface area contributed by atoms with E-state index in [9.17, 15) is 13.2 Å². The zero-order valence-electron chi connectivity index (χ0n) is 12.0. The fraction of sp³-hybridized carbons (Fsp3) is 0.769. The predicted molar refractivity (Wildman–Crippen MR) is 76.7 cm³/mol. The fourth-order valence-electron chi connectivity index (χ4n) is 2.20. The molecule has 5 nitrogen and oxygen atoms in total. The van der Waals surface area contributed by atoms with Crippen LogP contribution < -0.4 is 5.32 Å². The number of carbonyl (C=O) groups excluding carboxylic acids is 1. The average Bonchev–Trinajstić information content (AvgIpc) is 2.22. The Kier molecular flexibility index (Phi) is 5.15. The van der Waals surface area contributed by atoms with Crippen LogP contribution in [0.4, 0.5) is 0 Å². The van der Waals surface area contributed by atoms with Gasteiger partial charge in [0.15, 0.2) is 9.84 Å². The lowest BCUT2D eigenvalue weighted by atomic mass is 10.0. The van der Waals surface area contributed by atoms with Crippen LogP contribution in [0.1, 0.15) is 27.2 Å². The number of sulfone groups is 1. The minimum atomic E-state index is -3.00. The highest BCUT2D eigenvalue weighted by Gasteiger charge is 2.30. The molecular weight excluding hydrogens is 264 g/mol. The van der Waals surface area contributed by atoms with Gasteiger partial charge in [-0.15, -0.1) is 6.58 Å². The van der Waals surface area contributed by atoms with Crippen LogP contribution in [0.2, 0.25) is 0 Å². The van der Waals surface area contributed by atoms with Crippen LogP contribution in [-0.2, 0) is 14.6 Å². The van der Waals surface area contributed by atoms with E-state index in [2.05, 4.69) is 11.9 Å². The van der Waals surface area contributed by atoms with Crippen molar-refractivity contribution in [2.75, 3.05) is 24.6 Å². The standard InChI is InChI=1S/C13H24N2O3S/c1-5-7-15(13(2,3)4)12(16)9-11-10-19(17,18)8-6-14-11/h5,11,14H,1,6-10H2,2-4H3. The van der Waals surface area contributed by atoms with Gasteiger partial charge in [-0.25, -0.2) is 8.42 Å². The molecule has 1 rings (SSSR count). The van der Waals surface area contributed by atoms with Crippen molar-refractivity contribution in [3.63, 3.8) is 0 Å². The topological polar surface area (TPSA) is 66.5 Å². The second-order valence-electron chi connectivity index (χ2n) is 5.93. The minimum Gasteiger partial charge on any atom is -0.334 e. The Bertz CT molecular complexity index is 437. The Morgan fingerprint density at radius 2 is 2.11 bits per heavy atom. The summed E-state index contributed by atoms with van der Waals surface area (Å²) in [5.41, 5.74) is -0.293. The van der Waals surface area contributed by atoms with E-state index in [1.165, 1.54) is 0 Å². The number of hydrogen-bond donors (Lipinski definition) is 1. The van der Waals surface area contributed by atoms with Crippen molar-refractivity contribution in [3.05, 3.63) is 12.7 Å². The molecular formula is C13H24N2O3S. The molecule has 0 aromatic carbocycles. The van der Waals surface area contributed by atoms with Crippen LogP contribution in [0.15, 0.2) is 12.7 Å². The first kappa shape index (κ1) is 16.2. The second kappa shape index (κ2) is 6.05. The molecule has 1 N–H and O–H groups in total. The maximum atomic E-state index is 12.3. The molecule has 0 spiro atoms. The molecule has 0 saturated carbocycles. The highest BCUT2D eigenvalue weighted by atomic mass is 32.2. The number of rotatable bonds is 4. The molecule has 0 radical (unpaired) electrons. The van der Waals surface area contributed by atoms with Crippen molar-refractivity contribution in [2.45, 2.75) is 38.8 Å². The first-order valence-corrected chi connectivity index (χ1v) is 8.33. The summed E-state index contributed by atoms with van der Waals surface area (Å²) in [5.74, 6) is 0.167. The first-order chi connectivity index (χ1) is 8.65. The number of amides is 1.